The third kappa shape index (κ3) is 3.16. The molecule has 1 aromatic rings. The number of H-pyrrole nitrogens is 1. The van der Waals surface area contributed by atoms with Crippen LogP contribution < -0.4 is 5.32 Å². The second-order valence-corrected chi connectivity index (χ2v) is 3.45. The lowest BCUT2D eigenvalue weighted by atomic mass is 10.1. The third-order valence-electron chi connectivity index (χ3n) is 2.09. The van der Waals surface area contributed by atoms with Crippen molar-refractivity contribution in [2.75, 3.05) is 6.61 Å². The molecule has 0 saturated carbocycles. The number of hydrogen-bond acceptors (Lipinski definition) is 3. The highest BCUT2D eigenvalue weighted by Crippen LogP contribution is 2.01. The highest BCUT2D eigenvalue weighted by Gasteiger charge is 2.10. The lowest BCUT2D eigenvalue weighted by Gasteiger charge is -2.18. The topological polar surface area (TPSA) is 60.9 Å². The molecule has 0 aliphatic carbocycles. The van der Waals surface area contributed by atoms with Gasteiger partial charge in [-0.15, -0.1) is 0 Å². The van der Waals surface area contributed by atoms with E-state index in [0.29, 0.717) is 12.5 Å². The Morgan fingerprint density at radius 2 is 2.38 bits per heavy atom. The van der Waals surface area contributed by atoms with Gasteiger partial charge in [-0.1, -0.05) is 13.8 Å². The van der Waals surface area contributed by atoms with Crippen LogP contribution >= 0.6 is 0 Å². The van der Waals surface area contributed by atoms with Crippen molar-refractivity contribution in [3.8, 4) is 0 Å². The van der Waals surface area contributed by atoms with Gasteiger partial charge in [0.25, 0.3) is 0 Å². The molecule has 0 spiro atoms. The number of nitrogens with one attached hydrogen (secondary N) is 2. The monoisotopic (exact) mass is 183 g/mol. The maximum atomic E-state index is 9.03. The van der Waals surface area contributed by atoms with E-state index >= 15 is 0 Å². The number of aromatic nitrogens is 2. The summed E-state index contributed by atoms with van der Waals surface area (Å²) in [5, 5.41) is 12.3. The Bertz CT molecular complexity index is 221. The van der Waals surface area contributed by atoms with Gasteiger partial charge in [0.2, 0.25) is 0 Å². The largest absolute Gasteiger partial charge is 0.395 e. The molecule has 0 aliphatic rings. The first-order chi connectivity index (χ1) is 6.24. The van der Waals surface area contributed by atoms with Crippen molar-refractivity contribution in [1.29, 1.82) is 0 Å². The van der Waals surface area contributed by atoms with Crippen molar-refractivity contribution < 1.29 is 5.11 Å². The molecule has 0 fully saturated rings. The molecule has 4 heteroatoms. The summed E-state index contributed by atoms with van der Waals surface area (Å²) in [6.07, 6.45) is 3.51. The second kappa shape index (κ2) is 4.99. The van der Waals surface area contributed by atoms with E-state index in [1.807, 2.05) is 0 Å². The number of aliphatic hydroxyl groups excluding tert-OH is 1. The van der Waals surface area contributed by atoms with Gasteiger partial charge in [0, 0.05) is 18.4 Å². The summed E-state index contributed by atoms with van der Waals surface area (Å²) in [6.45, 7) is 5.00. The molecule has 0 bridgehead atoms. The van der Waals surface area contributed by atoms with Gasteiger partial charge >= 0.3 is 0 Å². The first-order valence-corrected chi connectivity index (χ1v) is 4.56. The van der Waals surface area contributed by atoms with Crippen LogP contribution in [0.1, 0.15) is 19.7 Å². The van der Waals surface area contributed by atoms with Crippen LogP contribution in [0.3, 0.4) is 0 Å². The van der Waals surface area contributed by atoms with E-state index in [9.17, 15) is 0 Å². The first-order valence-electron chi connectivity index (χ1n) is 4.56. The molecule has 1 rings (SSSR count). The Balaban J connectivity index is 2.32. The van der Waals surface area contributed by atoms with E-state index in [4.69, 9.17) is 5.11 Å². The summed E-state index contributed by atoms with van der Waals surface area (Å²) in [5.41, 5.74) is 0. The number of aromatic amines is 1. The quantitative estimate of drug-likeness (QED) is 0.623. The van der Waals surface area contributed by atoms with Gasteiger partial charge in [0.1, 0.15) is 5.82 Å². The van der Waals surface area contributed by atoms with Gasteiger partial charge < -0.3 is 15.4 Å². The van der Waals surface area contributed by atoms with Crippen LogP contribution in [-0.4, -0.2) is 27.7 Å². The second-order valence-electron chi connectivity index (χ2n) is 3.45. The van der Waals surface area contributed by atoms with E-state index < -0.39 is 0 Å². The SMILES string of the molecule is CC(C)C(CO)NCc1ncc[nH]1. The molecule has 1 aromatic heterocycles. The molecule has 3 N–H and O–H groups in total. The molecule has 0 saturated heterocycles. The van der Waals surface area contributed by atoms with Gasteiger partial charge in [-0.25, -0.2) is 4.98 Å². The molecule has 0 aliphatic heterocycles. The molecule has 4 nitrogen and oxygen atoms in total. The molecule has 1 unspecified atom stereocenters. The Morgan fingerprint density at radius 3 is 2.85 bits per heavy atom. The van der Waals surface area contributed by atoms with Gasteiger partial charge in [0.05, 0.1) is 13.2 Å². The molecule has 0 aromatic carbocycles. The summed E-state index contributed by atoms with van der Waals surface area (Å²) in [6, 6.07) is 0.144. The molecule has 13 heavy (non-hydrogen) atoms. The predicted octanol–water partition coefficient (Wildman–Crippen LogP) is 0.516. The zero-order chi connectivity index (χ0) is 9.68. The molecule has 1 atom stereocenters. The lowest BCUT2D eigenvalue weighted by Crippen LogP contribution is -2.36. The van der Waals surface area contributed by atoms with E-state index in [1.54, 1.807) is 12.4 Å². The van der Waals surface area contributed by atoms with E-state index in [1.165, 1.54) is 0 Å². The number of nitrogens with zero attached hydrogens (tertiary/aromatic N) is 1. The summed E-state index contributed by atoms with van der Waals surface area (Å²) in [4.78, 5) is 7.08. The molecule has 0 radical (unpaired) electrons. The maximum Gasteiger partial charge on any atom is 0.120 e. The first kappa shape index (κ1) is 10.2. The van der Waals surface area contributed by atoms with E-state index in [2.05, 4.69) is 29.1 Å². The molecular formula is C9H17N3O. The number of hydrogen-bond donors (Lipinski definition) is 3. The van der Waals surface area contributed by atoms with Crippen molar-refractivity contribution in [1.82, 2.24) is 15.3 Å². The van der Waals surface area contributed by atoms with Crippen molar-refractivity contribution in [3.63, 3.8) is 0 Å². The van der Waals surface area contributed by atoms with Crippen LogP contribution in [0, 0.1) is 5.92 Å². The number of rotatable bonds is 5. The van der Waals surface area contributed by atoms with Crippen molar-refractivity contribution in [2.24, 2.45) is 5.92 Å². The smallest absolute Gasteiger partial charge is 0.120 e. The van der Waals surface area contributed by atoms with Crippen LogP contribution in [0.4, 0.5) is 0 Å². The molecular weight excluding hydrogens is 166 g/mol. The predicted molar refractivity (Wildman–Crippen MR) is 51.1 cm³/mol. The van der Waals surface area contributed by atoms with Crippen LogP contribution in [0.25, 0.3) is 0 Å². The fourth-order valence-electron chi connectivity index (χ4n) is 1.13. The van der Waals surface area contributed by atoms with E-state index in [-0.39, 0.29) is 12.6 Å². The van der Waals surface area contributed by atoms with Crippen LogP contribution in [0.2, 0.25) is 0 Å². The van der Waals surface area contributed by atoms with Gasteiger partial charge in [0.15, 0.2) is 0 Å². The lowest BCUT2D eigenvalue weighted by molar-refractivity contribution is 0.209. The maximum absolute atomic E-state index is 9.03. The average molecular weight is 183 g/mol. The molecule has 0 amide bonds. The van der Waals surface area contributed by atoms with Crippen molar-refractivity contribution in [2.45, 2.75) is 26.4 Å². The fraction of sp³-hybridized carbons (Fsp3) is 0.667. The molecule has 1 heterocycles. The van der Waals surface area contributed by atoms with Crippen LogP contribution in [0.15, 0.2) is 12.4 Å². The molecule has 74 valence electrons. The summed E-state index contributed by atoms with van der Waals surface area (Å²) in [7, 11) is 0. The van der Waals surface area contributed by atoms with E-state index in [0.717, 1.165) is 5.82 Å². The minimum atomic E-state index is 0.144. The van der Waals surface area contributed by atoms with Gasteiger partial charge in [-0.3, -0.25) is 0 Å². The number of imidazole rings is 1. The zero-order valence-corrected chi connectivity index (χ0v) is 8.12. The van der Waals surface area contributed by atoms with Gasteiger partial charge in [-0.2, -0.15) is 0 Å². The van der Waals surface area contributed by atoms with Crippen molar-refractivity contribution in [3.05, 3.63) is 18.2 Å². The zero-order valence-electron chi connectivity index (χ0n) is 8.12. The average Bonchev–Trinajstić information content (AvgIpc) is 2.57. The summed E-state index contributed by atoms with van der Waals surface area (Å²) in [5.74, 6) is 1.33. The summed E-state index contributed by atoms with van der Waals surface area (Å²) >= 11 is 0. The van der Waals surface area contributed by atoms with Crippen molar-refractivity contribution >= 4 is 0 Å². The number of aliphatic hydroxyl groups is 1. The van der Waals surface area contributed by atoms with Crippen LogP contribution in [-0.2, 0) is 6.54 Å². The minimum absolute atomic E-state index is 0.144. The Hall–Kier alpha value is -0.870. The third-order valence-corrected chi connectivity index (χ3v) is 2.09. The highest BCUT2D eigenvalue weighted by atomic mass is 16.3. The van der Waals surface area contributed by atoms with Gasteiger partial charge in [-0.05, 0) is 5.92 Å². The Morgan fingerprint density at radius 1 is 1.62 bits per heavy atom. The standard InChI is InChI=1S/C9H17N3O/c1-7(2)8(6-13)12-5-9-10-3-4-11-9/h3-4,7-8,12-13H,5-6H2,1-2H3,(H,10,11). The fourth-order valence-corrected chi connectivity index (χ4v) is 1.13. The highest BCUT2D eigenvalue weighted by molar-refractivity contribution is 4.87. The normalized spacial score (nSPS) is 13.5. The Kier molecular flexibility index (Phi) is 3.92. The summed E-state index contributed by atoms with van der Waals surface area (Å²) < 4.78 is 0. The van der Waals surface area contributed by atoms with Crippen LogP contribution in [0.5, 0.6) is 0 Å². The minimum Gasteiger partial charge on any atom is -0.395 e. The Labute approximate surface area is 78.4 Å².